The van der Waals surface area contributed by atoms with Gasteiger partial charge in [0.2, 0.25) is 0 Å². The summed E-state index contributed by atoms with van der Waals surface area (Å²) in [5.41, 5.74) is 0.918. The Morgan fingerprint density at radius 1 is 1.47 bits per heavy atom. The molecule has 1 aliphatic rings. The van der Waals surface area contributed by atoms with Gasteiger partial charge in [0.05, 0.1) is 5.39 Å². The van der Waals surface area contributed by atoms with Gasteiger partial charge in [-0.2, -0.15) is 0 Å². The second-order valence-corrected chi connectivity index (χ2v) is 4.51. The number of anilines is 1. The number of hydrogen-bond acceptors (Lipinski definition) is 4. The van der Waals surface area contributed by atoms with E-state index in [0.29, 0.717) is 6.04 Å². The summed E-state index contributed by atoms with van der Waals surface area (Å²) in [6, 6.07) is 2.61. The second-order valence-electron chi connectivity index (χ2n) is 4.51. The predicted molar refractivity (Wildman–Crippen MR) is 68.2 cm³/mol. The van der Waals surface area contributed by atoms with Gasteiger partial charge in [0.25, 0.3) is 0 Å². The molecular formula is C12H17N5. The molecule has 0 saturated carbocycles. The quantitative estimate of drug-likeness (QED) is 0.814. The van der Waals surface area contributed by atoms with E-state index in [9.17, 15) is 0 Å². The number of nitrogens with zero attached hydrogens (tertiary/aromatic N) is 3. The van der Waals surface area contributed by atoms with Gasteiger partial charge in [-0.25, -0.2) is 9.97 Å². The zero-order chi connectivity index (χ0) is 11.7. The molecule has 90 valence electrons. The Kier molecular flexibility index (Phi) is 2.68. The van der Waals surface area contributed by atoms with Crippen LogP contribution in [-0.2, 0) is 0 Å². The van der Waals surface area contributed by atoms with Crippen LogP contribution in [0.1, 0.15) is 12.8 Å². The monoisotopic (exact) mass is 231 g/mol. The molecule has 17 heavy (non-hydrogen) atoms. The number of piperidine rings is 1. The number of H-pyrrole nitrogens is 1. The molecule has 1 aliphatic heterocycles. The minimum atomic E-state index is 0.563. The van der Waals surface area contributed by atoms with Crippen LogP contribution in [0.2, 0.25) is 0 Å². The number of nitrogens with one attached hydrogen (secondary N) is 2. The van der Waals surface area contributed by atoms with Crippen LogP contribution in [0.25, 0.3) is 11.0 Å². The van der Waals surface area contributed by atoms with Crippen LogP contribution in [0.3, 0.4) is 0 Å². The van der Waals surface area contributed by atoms with Crippen molar-refractivity contribution in [3.05, 3.63) is 18.6 Å². The first-order valence-corrected chi connectivity index (χ1v) is 6.09. The highest BCUT2D eigenvalue weighted by Gasteiger charge is 2.21. The number of rotatable bonds is 2. The van der Waals surface area contributed by atoms with Crippen molar-refractivity contribution in [1.29, 1.82) is 0 Å². The molecule has 1 saturated heterocycles. The summed E-state index contributed by atoms with van der Waals surface area (Å²) in [6.45, 7) is 2.10. The highest BCUT2D eigenvalue weighted by Crippen LogP contribution is 2.24. The molecule has 5 heteroatoms. The maximum absolute atomic E-state index is 4.44. The number of fused-ring (bicyclic) bond motifs is 1. The van der Waals surface area contributed by atoms with Gasteiger partial charge in [-0.3, -0.25) is 0 Å². The van der Waals surface area contributed by atoms with E-state index in [1.807, 2.05) is 19.3 Å². The predicted octanol–water partition coefficient (Wildman–Crippen LogP) is 1.15. The average molecular weight is 231 g/mol. The SMILES string of the molecule is CN[C@@H]1CCCN(c2ncnc3[nH]ccc23)C1. The van der Waals surface area contributed by atoms with Gasteiger partial charge >= 0.3 is 0 Å². The Morgan fingerprint density at radius 2 is 2.41 bits per heavy atom. The molecule has 2 N–H and O–H groups in total. The molecule has 3 heterocycles. The van der Waals surface area contributed by atoms with Crippen LogP contribution in [0, 0.1) is 0 Å². The Labute approximate surface area is 100 Å². The highest BCUT2D eigenvalue weighted by atomic mass is 15.2. The van der Waals surface area contributed by atoms with Gasteiger partial charge in [-0.1, -0.05) is 0 Å². The Morgan fingerprint density at radius 3 is 3.29 bits per heavy atom. The lowest BCUT2D eigenvalue weighted by Crippen LogP contribution is -2.44. The van der Waals surface area contributed by atoms with Gasteiger partial charge < -0.3 is 15.2 Å². The fourth-order valence-corrected chi connectivity index (χ4v) is 2.52. The smallest absolute Gasteiger partial charge is 0.142 e. The number of hydrogen-bond donors (Lipinski definition) is 2. The second kappa shape index (κ2) is 4.33. The van der Waals surface area contributed by atoms with Gasteiger partial charge in [0.15, 0.2) is 0 Å². The normalized spacial score (nSPS) is 21.0. The van der Waals surface area contributed by atoms with E-state index in [1.165, 1.54) is 12.8 Å². The Hall–Kier alpha value is -1.62. The third kappa shape index (κ3) is 1.86. The molecule has 1 fully saturated rings. The average Bonchev–Trinajstić information content (AvgIpc) is 2.87. The van der Waals surface area contributed by atoms with Gasteiger partial charge in [0.1, 0.15) is 17.8 Å². The lowest BCUT2D eigenvalue weighted by Gasteiger charge is -2.33. The van der Waals surface area contributed by atoms with Crippen molar-refractivity contribution in [3.8, 4) is 0 Å². The lowest BCUT2D eigenvalue weighted by molar-refractivity contribution is 0.448. The summed E-state index contributed by atoms with van der Waals surface area (Å²) >= 11 is 0. The zero-order valence-corrected chi connectivity index (χ0v) is 9.98. The molecule has 0 unspecified atom stereocenters. The molecular weight excluding hydrogens is 214 g/mol. The molecule has 3 rings (SSSR count). The van der Waals surface area contributed by atoms with E-state index < -0.39 is 0 Å². The Bertz CT molecular complexity index is 506. The largest absolute Gasteiger partial charge is 0.354 e. The Balaban J connectivity index is 1.94. The molecule has 0 aliphatic carbocycles. The van der Waals surface area contributed by atoms with Crippen LogP contribution in [-0.4, -0.2) is 41.1 Å². The molecule has 0 spiro atoms. The van der Waals surface area contributed by atoms with Crippen LogP contribution in [0.5, 0.6) is 0 Å². The minimum Gasteiger partial charge on any atom is -0.354 e. The molecule has 2 aromatic heterocycles. The molecule has 0 radical (unpaired) electrons. The highest BCUT2D eigenvalue weighted by molar-refractivity contribution is 5.87. The summed E-state index contributed by atoms with van der Waals surface area (Å²) in [4.78, 5) is 14.1. The summed E-state index contributed by atoms with van der Waals surface area (Å²) < 4.78 is 0. The lowest BCUT2D eigenvalue weighted by atomic mass is 10.1. The third-order valence-corrected chi connectivity index (χ3v) is 3.46. The molecule has 0 bridgehead atoms. The van der Waals surface area contributed by atoms with Crippen LogP contribution in [0.4, 0.5) is 5.82 Å². The fraction of sp³-hybridized carbons (Fsp3) is 0.500. The topological polar surface area (TPSA) is 56.8 Å². The fourth-order valence-electron chi connectivity index (χ4n) is 2.52. The first-order chi connectivity index (χ1) is 8.38. The summed E-state index contributed by atoms with van der Waals surface area (Å²) in [6.07, 6.45) is 6.01. The minimum absolute atomic E-state index is 0.563. The van der Waals surface area contributed by atoms with Crippen molar-refractivity contribution < 1.29 is 0 Å². The number of aromatic nitrogens is 3. The summed E-state index contributed by atoms with van der Waals surface area (Å²) in [5.74, 6) is 1.05. The zero-order valence-electron chi connectivity index (χ0n) is 9.98. The van der Waals surface area contributed by atoms with Gasteiger partial charge in [-0.05, 0) is 26.0 Å². The van der Waals surface area contributed by atoms with E-state index in [1.54, 1.807) is 6.33 Å². The maximum Gasteiger partial charge on any atom is 0.142 e. The van der Waals surface area contributed by atoms with E-state index in [4.69, 9.17) is 0 Å². The standard InChI is InChI=1S/C12H17N5/c1-13-9-3-2-6-17(7-9)12-10-4-5-14-11(10)15-8-16-12/h4-5,8-9,13H,2-3,6-7H2,1H3,(H,14,15,16)/t9-/m1/s1. The van der Waals surface area contributed by atoms with Crippen LogP contribution < -0.4 is 10.2 Å². The van der Waals surface area contributed by atoms with Crippen LogP contribution >= 0.6 is 0 Å². The molecule has 0 aromatic carbocycles. The molecule has 1 atom stereocenters. The van der Waals surface area contributed by atoms with Crippen molar-refractivity contribution in [1.82, 2.24) is 20.3 Å². The first-order valence-electron chi connectivity index (χ1n) is 6.09. The van der Waals surface area contributed by atoms with Crippen LogP contribution in [0.15, 0.2) is 18.6 Å². The van der Waals surface area contributed by atoms with Crippen molar-refractivity contribution in [3.63, 3.8) is 0 Å². The van der Waals surface area contributed by atoms with Crippen molar-refractivity contribution in [2.45, 2.75) is 18.9 Å². The molecule has 0 amide bonds. The summed E-state index contributed by atoms with van der Waals surface area (Å²) in [5, 5.41) is 4.47. The van der Waals surface area contributed by atoms with E-state index in [0.717, 1.165) is 29.9 Å². The first kappa shape index (κ1) is 10.5. The third-order valence-electron chi connectivity index (χ3n) is 3.46. The molecule has 2 aromatic rings. The number of aromatic amines is 1. The number of likely N-dealkylation sites (N-methyl/N-ethyl adjacent to an activating group) is 1. The van der Waals surface area contributed by atoms with E-state index in [2.05, 4.69) is 25.2 Å². The van der Waals surface area contributed by atoms with Crippen molar-refractivity contribution in [2.24, 2.45) is 0 Å². The van der Waals surface area contributed by atoms with Crippen molar-refractivity contribution >= 4 is 16.9 Å². The maximum atomic E-state index is 4.44. The van der Waals surface area contributed by atoms with Gasteiger partial charge in [-0.15, -0.1) is 0 Å². The van der Waals surface area contributed by atoms with E-state index in [-0.39, 0.29) is 0 Å². The van der Waals surface area contributed by atoms with E-state index >= 15 is 0 Å². The summed E-state index contributed by atoms with van der Waals surface area (Å²) in [7, 11) is 2.03. The van der Waals surface area contributed by atoms with Gasteiger partial charge in [0, 0.05) is 25.3 Å². The molecule has 5 nitrogen and oxygen atoms in total. The van der Waals surface area contributed by atoms with Crippen molar-refractivity contribution in [2.75, 3.05) is 25.0 Å².